The lowest BCUT2D eigenvalue weighted by Crippen LogP contribution is -2.42. The average Bonchev–Trinajstić information content (AvgIpc) is 3.09. The number of benzene rings is 1. The molecule has 2 N–H and O–H groups in total. The van der Waals surface area contributed by atoms with Crippen LogP contribution in [0.2, 0.25) is 5.02 Å². The molecule has 0 spiro atoms. The van der Waals surface area contributed by atoms with Crippen LogP contribution in [0.1, 0.15) is 31.7 Å². The van der Waals surface area contributed by atoms with Crippen LogP contribution in [-0.4, -0.2) is 36.9 Å². The van der Waals surface area contributed by atoms with Crippen molar-refractivity contribution in [2.24, 2.45) is 5.41 Å². The molecule has 1 aromatic carbocycles. The molecule has 27 heavy (non-hydrogen) atoms. The number of likely N-dealkylation sites (N-methyl/N-ethyl adjacent to an activating group) is 1. The lowest BCUT2D eigenvalue weighted by Gasteiger charge is -2.31. The molecule has 1 unspecified atom stereocenters. The molecule has 5 nitrogen and oxygen atoms in total. The van der Waals surface area contributed by atoms with E-state index in [2.05, 4.69) is 37.5 Å². The lowest BCUT2D eigenvalue weighted by atomic mass is 9.86. The number of thiophene rings is 1. The van der Waals surface area contributed by atoms with Crippen molar-refractivity contribution in [3.05, 3.63) is 51.7 Å². The number of rotatable bonds is 7. The zero-order valence-electron chi connectivity index (χ0n) is 16.1. The van der Waals surface area contributed by atoms with Crippen molar-refractivity contribution in [3.63, 3.8) is 0 Å². The second kappa shape index (κ2) is 9.35. The van der Waals surface area contributed by atoms with Crippen LogP contribution in [0.3, 0.4) is 0 Å². The number of carbonyl (C=O) groups excluding carboxylic acids is 2. The molecular formula is C20H26ClN3O2S. The van der Waals surface area contributed by atoms with Crippen LogP contribution >= 0.6 is 22.9 Å². The van der Waals surface area contributed by atoms with Gasteiger partial charge in [-0.25, -0.2) is 0 Å². The predicted molar refractivity (Wildman–Crippen MR) is 112 cm³/mol. The van der Waals surface area contributed by atoms with Gasteiger partial charge in [0.25, 0.3) is 0 Å². The van der Waals surface area contributed by atoms with Gasteiger partial charge in [0, 0.05) is 18.0 Å². The molecule has 0 bridgehead atoms. The van der Waals surface area contributed by atoms with E-state index in [9.17, 15) is 9.59 Å². The van der Waals surface area contributed by atoms with Gasteiger partial charge in [0.05, 0.1) is 23.8 Å². The molecule has 0 aliphatic rings. The van der Waals surface area contributed by atoms with Gasteiger partial charge >= 0.3 is 0 Å². The van der Waals surface area contributed by atoms with Crippen LogP contribution in [0.4, 0.5) is 5.69 Å². The number of nitrogens with one attached hydrogen (secondary N) is 2. The minimum atomic E-state index is -0.287. The largest absolute Gasteiger partial charge is 0.335 e. The van der Waals surface area contributed by atoms with Crippen LogP contribution < -0.4 is 10.6 Å². The fourth-order valence-electron chi connectivity index (χ4n) is 2.67. The summed E-state index contributed by atoms with van der Waals surface area (Å²) in [4.78, 5) is 27.2. The zero-order chi connectivity index (χ0) is 20.0. The van der Waals surface area contributed by atoms with Gasteiger partial charge in [-0.3, -0.25) is 9.59 Å². The van der Waals surface area contributed by atoms with Crippen molar-refractivity contribution in [3.8, 4) is 0 Å². The highest BCUT2D eigenvalue weighted by atomic mass is 35.5. The summed E-state index contributed by atoms with van der Waals surface area (Å²) in [6.45, 7) is 6.53. The Labute approximate surface area is 169 Å². The summed E-state index contributed by atoms with van der Waals surface area (Å²) >= 11 is 7.71. The normalized spacial score (nSPS) is 12.5. The summed E-state index contributed by atoms with van der Waals surface area (Å²) in [5.74, 6) is -0.431. The van der Waals surface area contributed by atoms with Gasteiger partial charge in [0.15, 0.2) is 0 Å². The standard InChI is InChI=1S/C20H26ClN3O2S/c1-20(2,3)19(16-10-7-11-27-16)22-12-18(26)24(4)13-17(25)23-15-9-6-5-8-14(15)21/h5-11,19,22H,12-13H2,1-4H3,(H,23,25). The number of amides is 2. The molecule has 0 aliphatic carbocycles. The van der Waals surface area contributed by atoms with Crippen molar-refractivity contribution >= 4 is 40.4 Å². The van der Waals surface area contributed by atoms with E-state index in [0.29, 0.717) is 10.7 Å². The summed E-state index contributed by atoms with van der Waals surface area (Å²) in [5, 5.41) is 8.56. The second-order valence-electron chi connectivity index (χ2n) is 7.47. The Kier molecular flexibility index (Phi) is 7.41. The molecule has 0 saturated heterocycles. The SMILES string of the molecule is CN(CC(=O)Nc1ccccc1Cl)C(=O)CNC(c1cccs1)C(C)(C)C. The molecule has 0 saturated carbocycles. The van der Waals surface area contributed by atoms with E-state index >= 15 is 0 Å². The molecule has 0 fully saturated rings. The Morgan fingerprint density at radius 2 is 1.89 bits per heavy atom. The maximum atomic E-state index is 12.5. The number of halogens is 1. The molecular weight excluding hydrogens is 382 g/mol. The summed E-state index contributed by atoms with van der Waals surface area (Å²) < 4.78 is 0. The third-order valence-electron chi connectivity index (χ3n) is 4.11. The Balaban J connectivity index is 1.89. The quantitative estimate of drug-likeness (QED) is 0.723. The molecule has 2 rings (SSSR count). The molecule has 2 amide bonds. The fourth-order valence-corrected chi connectivity index (χ4v) is 3.90. The number of carbonyl (C=O) groups is 2. The van der Waals surface area contributed by atoms with Gasteiger partial charge in [-0.05, 0) is 29.0 Å². The maximum Gasteiger partial charge on any atom is 0.244 e. The summed E-state index contributed by atoms with van der Waals surface area (Å²) in [6.07, 6.45) is 0. The van der Waals surface area contributed by atoms with E-state index in [1.54, 1.807) is 42.6 Å². The Morgan fingerprint density at radius 3 is 2.48 bits per heavy atom. The summed E-state index contributed by atoms with van der Waals surface area (Å²) in [6, 6.07) is 11.1. The highest BCUT2D eigenvalue weighted by molar-refractivity contribution is 7.10. The van der Waals surface area contributed by atoms with E-state index in [1.807, 2.05) is 11.4 Å². The van der Waals surface area contributed by atoms with Crippen molar-refractivity contribution in [2.45, 2.75) is 26.8 Å². The van der Waals surface area contributed by atoms with Gasteiger partial charge in [-0.2, -0.15) is 0 Å². The molecule has 7 heteroatoms. The minimum absolute atomic E-state index is 0.0366. The molecule has 0 radical (unpaired) electrons. The second-order valence-corrected chi connectivity index (χ2v) is 8.86. The van der Waals surface area contributed by atoms with Crippen LogP contribution in [-0.2, 0) is 9.59 Å². The molecule has 146 valence electrons. The molecule has 1 atom stereocenters. The third kappa shape index (κ3) is 6.34. The number of anilines is 1. The number of hydrogen-bond acceptors (Lipinski definition) is 4. The van der Waals surface area contributed by atoms with Crippen molar-refractivity contribution in [1.82, 2.24) is 10.2 Å². The van der Waals surface area contributed by atoms with Gasteiger partial charge in [-0.1, -0.05) is 50.6 Å². The number of para-hydroxylation sites is 1. The Morgan fingerprint density at radius 1 is 1.19 bits per heavy atom. The van der Waals surface area contributed by atoms with Gasteiger partial charge < -0.3 is 15.5 Å². The Bertz CT molecular complexity index is 772. The molecule has 2 aromatic rings. The number of hydrogen-bond donors (Lipinski definition) is 2. The first-order chi connectivity index (χ1) is 12.7. The fraction of sp³-hybridized carbons (Fsp3) is 0.400. The van der Waals surface area contributed by atoms with Crippen LogP contribution in [0.15, 0.2) is 41.8 Å². The average molecular weight is 408 g/mol. The maximum absolute atomic E-state index is 12.5. The highest BCUT2D eigenvalue weighted by Gasteiger charge is 2.27. The monoisotopic (exact) mass is 407 g/mol. The summed E-state index contributed by atoms with van der Waals surface area (Å²) in [5.41, 5.74) is 0.499. The van der Waals surface area contributed by atoms with E-state index in [4.69, 9.17) is 11.6 Å². The topological polar surface area (TPSA) is 61.4 Å². The van der Waals surface area contributed by atoms with Gasteiger partial charge in [-0.15, -0.1) is 11.3 Å². The van der Waals surface area contributed by atoms with E-state index < -0.39 is 0 Å². The molecule has 1 heterocycles. The van der Waals surface area contributed by atoms with Crippen molar-refractivity contribution in [2.75, 3.05) is 25.5 Å². The zero-order valence-corrected chi connectivity index (χ0v) is 17.7. The first kappa shape index (κ1) is 21.4. The summed E-state index contributed by atoms with van der Waals surface area (Å²) in [7, 11) is 1.62. The van der Waals surface area contributed by atoms with Gasteiger partial charge in [0.1, 0.15) is 0 Å². The van der Waals surface area contributed by atoms with E-state index in [-0.39, 0.29) is 36.4 Å². The first-order valence-corrected chi connectivity index (χ1v) is 9.99. The van der Waals surface area contributed by atoms with Crippen molar-refractivity contribution in [1.29, 1.82) is 0 Å². The highest BCUT2D eigenvalue weighted by Crippen LogP contribution is 2.34. The lowest BCUT2D eigenvalue weighted by molar-refractivity contribution is -0.132. The van der Waals surface area contributed by atoms with Crippen LogP contribution in [0.25, 0.3) is 0 Å². The first-order valence-electron chi connectivity index (χ1n) is 8.73. The van der Waals surface area contributed by atoms with E-state index in [1.165, 1.54) is 9.78 Å². The Hall–Kier alpha value is -1.89. The predicted octanol–water partition coefficient (Wildman–Crippen LogP) is 4.18. The van der Waals surface area contributed by atoms with Crippen LogP contribution in [0, 0.1) is 5.41 Å². The van der Waals surface area contributed by atoms with Crippen LogP contribution in [0.5, 0.6) is 0 Å². The molecule has 0 aliphatic heterocycles. The van der Waals surface area contributed by atoms with Gasteiger partial charge in [0.2, 0.25) is 11.8 Å². The third-order valence-corrected chi connectivity index (χ3v) is 5.37. The van der Waals surface area contributed by atoms with Crippen molar-refractivity contribution < 1.29 is 9.59 Å². The molecule has 1 aromatic heterocycles. The number of nitrogens with zero attached hydrogens (tertiary/aromatic N) is 1. The minimum Gasteiger partial charge on any atom is -0.335 e. The smallest absolute Gasteiger partial charge is 0.244 e. The van der Waals surface area contributed by atoms with E-state index in [0.717, 1.165) is 0 Å².